The predicted octanol–water partition coefficient (Wildman–Crippen LogP) is 4.79. The highest BCUT2D eigenvalue weighted by molar-refractivity contribution is 7.90. The van der Waals surface area contributed by atoms with Crippen LogP contribution in [0.15, 0.2) is 40.3 Å². The summed E-state index contributed by atoms with van der Waals surface area (Å²) in [6, 6.07) is 5.28. The van der Waals surface area contributed by atoms with Gasteiger partial charge in [-0.25, -0.2) is 27.2 Å². The lowest BCUT2D eigenvalue weighted by molar-refractivity contribution is -0.125. The number of hydrogen-bond donors (Lipinski definition) is 1. The number of piperazine rings is 1. The Balaban J connectivity index is 1.61. The van der Waals surface area contributed by atoms with Gasteiger partial charge in [0.2, 0.25) is 0 Å². The van der Waals surface area contributed by atoms with Crippen LogP contribution in [0.2, 0.25) is 5.02 Å². The predicted molar refractivity (Wildman–Crippen MR) is 179 cm³/mol. The second kappa shape index (κ2) is 11.9. The van der Waals surface area contributed by atoms with Crippen molar-refractivity contribution < 1.29 is 22.0 Å². The summed E-state index contributed by atoms with van der Waals surface area (Å²) in [6.45, 7) is 2.14. The number of benzene rings is 2. The van der Waals surface area contributed by atoms with Crippen molar-refractivity contribution >= 4 is 49.6 Å². The van der Waals surface area contributed by atoms with E-state index in [2.05, 4.69) is 21.8 Å². The van der Waals surface area contributed by atoms with Crippen molar-refractivity contribution in [2.75, 3.05) is 43.1 Å². The van der Waals surface area contributed by atoms with Crippen LogP contribution in [0.1, 0.15) is 55.8 Å². The molecule has 248 valence electrons. The molecule has 3 heterocycles. The van der Waals surface area contributed by atoms with Gasteiger partial charge in [0, 0.05) is 66.5 Å². The fourth-order valence-electron chi connectivity index (χ4n) is 6.60. The number of halogens is 3. The normalized spacial score (nSPS) is 16.6. The Labute approximate surface area is 280 Å². The van der Waals surface area contributed by atoms with Gasteiger partial charge in [0.25, 0.3) is 11.5 Å². The number of nitrogens with zero attached hydrogens (tertiary/aromatic N) is 5. The van der Waals surface area contributed by atoms with Crippen molar-refractivity contribution in [1.29, 1.82) is 0 Å². The first-order valence-electron chi connectivity index (χ1n) is 15.6. The first-order chi connectivity index (χ1) is 22.9. The Kier molecular flexibility index (Phi) is 7.91. The van der Waals surface area contributed by atoms with E-state index in [0.717, 1.165) is 42.6 Å². The molecular weight excluding hydrogens is 662 g/mol. The largest absolute Gasteiger partial charge is 0.398 e. The van der Waals surface area contributed by atoms with Crippen LogP contribution in [-0.2, 0) is 14.6 Å². The van der Waals surface area contributed by atoms with Gasteiger partial charge in [-0.2, -0.15) is 0 Å². The lowest BCUT2D eigenvalue weighted by Gasteiger charge is -2.37. The second-order valence-electron chi connectivity index (χ2n) is 12.4. The zero-order valence-electron chi connectivity index (χ0n) is 26.2. The van der Waals surface area contributed by atoms with E-state index in [9.17, 15) is 18.0 Å². The molecule has 14 heteroatoms. The standard InChI is InChI=1S/C34H31ClF2N6O4S/c1-3-5-24(44)41-12-14-42(15-13-41)31-20-16-21(35)25(26-22(36)6-4-7-23(26)38)27(37)30(20)43(34(45)33(31)48(2,46)47)32-28(18-8-9-18)39-17-40-29(32)19-10-11-19/h4,6-7,16-19H,8-15,38H2,1-2H3. The molecule has 0 bridgehead atoms. The Morgan fingerprint density at radius 1 is 1.00 bits per heavy atom. The molecular formula is C34H31ClF2N6O4S. The number of nitrogens with two attached hydrogens (primary N) is 1. The highest BCUT2D eigenvalue weighted by Crippen LogP contribution is 2.49. The van der Waals surface area contributed by atoms with E-state index >= 15 is 8.78 Å². The minimum Gasteiger partial charge on any atom is -0.398 e. The van der Waals surface area contributed by atoms with Crippen molar-refractivity contribution in [3.8, 4) is 28.7 Å². The Morgan fingerprint density at radius 2 is 1.62 bits per heavy atom. The molecule has 1 saturated heterocycles. The van der Waals surface area contributed by atoms with E-state index in [1.165, 1.54) is 29.4 Å². The Morgan fingerprint density at radius 3 is 2.17 bits per heavy atom. The third kappa shape index (κ3) is 5.37. The minimum absolute atomic E-state index is 0.0247. The third-order valence-electron chi connectivity index (χ3n) is 9.10. The summed E-state index contributed by atoms with van der Waals surface area (Å²) in [7, 11) is -4.27. The summed E-state index contributed by atoms with van der Waals surface area (Å²) < 4.78 is 61.3. The topological polar surface area (TPSA) is 131 Å². The fraction of sp³-hybridized carbons (Fsp3) is 0.353. The smallest absolute Gasteiger partial charge is 0.298 e. The summed E-state index contributed by atoms with van der Waals surface area (Å²) in [5.41, 5.74) is 5.40. The summed E-state index contributed by atoms with van der Waals surface area (Å²) in [5.74, 6) is 2.77. The van der Waals surface area contributed by atoms with Crippen molar-refractivity contribution in [3.63, 3.8) is 0 Å². The van der Waals surface area contributed by atoms with E-state index in [4.69, 9.17) is 17.3 Å². The molecule has 0 radical (unpaired) electrons. The molecule has 2 aromatic carbocycles. The molecule has 10 nitrogen and oxygen atoms in total. The fourth-order valence-corrected chi connectivity index (χ4v) is 7.88. The maximum Gasteiger partial charge on any atom is 0.298 e. The summed E-state index contributed by atoms with van der Waals surface area (Å²) in [4.78, 5) is 39.1. The molecule has 1 aliphatic heterocycles. The second-order valence-corrected chi connectivity index (χ2v) is 14.8. The van der Waals surface area contributed by atoms with Crippen LogP contribution in [0.5, 0.6) is 0 Å². The number of pyridine rings is 1. The molecule has 2 N–H and O–H groups in total. The van der Waals surface area contributed by atoms with Crippen LogP contribution < -0.4 is 16.2 Å². The van der Waals surface area contributed by atoms with Crippen molar-refractivity contribution in [1.82, 2.24) is 19.4 Å². The van der Waals surface area contributed by atoms with Crippen LogP contribution in [-0.4, -0.2) is 66.2 Å². The number of carbonyl (C=O) groups is 1. The quantitative estimate of drug-likeness (QED) is 0.226. The average Bonchev–Trinajstić information content (AvgIpc) is 3.96. The van der Waals surface area contributed by atoms with E-state index < -0.39 is 31.9 Å². The number of fused-ring (bicyclic) bond motifs is 1. The van der Waals surface area contributed by atoms with E-state index in [-0.39, 0.29) is 88.0 Å². The zero-order valence-corrected chi connectivity index (χ0v) is 27.8. The highest BCUT2D eigenvalue weighted by Gasteiger charge is 2.39. The van der Waals surface area contributed by atoms with Crippen LogP contribution in [0.4, 0.5) is 20.2 Å². The third-order valence-corrected chi connectivity index (χ3v) is 10.5. The first-order valence-corrected chi connectivity index (χ1v) is 17.9. The molecule has 3 aliphatic rings. The molecule has 3 fully saturated rings. The average molecular weight is 693 g/mol. The van der Waals surface area contributed by atoms with Gasteiger partial charge in [0.1, 0.15) is 12.1 Å². The van der Waals surface area contributed by atoms with E-state index in [0.29, 0.717) is 11.4 Å². The number of anilines is 2. The van der Waals surface area contributed by atoms with Crippen molar-refractivity contribution in [2.45, 2.75) is 49.3 Å². The van der Waals surface area contributed by atoms with Gasteiger partial charge < -0.3 is 15.5 Å². The van der Waals surface area contributed by atoms with Crippen LogP contribution in [0, 0.1) is 23.5 Å². The summed E-state index contributed by atoms with van der Waals surface area (Å²) >= 11 is 6.78. The number of carbonyl (C=O) groups excluding carboxylic acids is 1. The van der Waals surface area contributed by atoms with Crippen molar-refractivity contribution in [3.05, 3.63) is 69.0 Å². The van der Waals surface area contributed by atoms with Gasteiger partial charge >= 0.3 is 0 Å². The Hall–Kier alpha value is -4.54. The Bertz CT molecular complexity index is 2220. The molecule has 2 aliphatic carbocycles. The number of aromatic nitrogens is 3. The van der Waals surface area contributed by atoms with Crippen LogP contribution in [0.3, 0.4) is 0 Å². The summed E-state index contributed by atoms with van der Waals surface area (Å²) in [5, 5.41) is -0.208. The molecule has 48 heavy (non-hydrogen) atoms. The first kappa shape index (κ1) is 32.0. The molecule has 0 spiro atoms. The number of nitrogen functional groups attached to an aromatic ring is 1. The number of hydrogen-bond acceptors (Lipinski definition) is 8. The molecule has 7 rings (SSSR count). The zero-order chi connectivity index (χ0) is 34.1. The highest BCUT2D eigenvalue weighted by atomic mass is 35.5. The SMILES string of the molecule is CC#CC(=O)N1CCN(c2c(S(C)(=O)=O)c(=O)n(-c3c(C4CC4)ncnc3C3CC3)c3c(F)c(-c4c(N)cccc4F)c(Cl)cc23)CC1. The van der Waals surface area contributed by atoms with Crippen molar-refractivity contribution in [2.24, 2.45) is 0 Å². The van der Waals surface area contributed by atoms with Gasteiger partial charge in [-0.3, -0.25) is 14.2 Å². The van der Waals surface area contributed by atoms with Gasteiger partial charge in [-0.05, 0) is 56.7 Å². The van der Waals surface area contributed by atoms with Gasteiger partial charge in [-0.1, -0.05) is 23.6 Å². The molecule has 1 amide bonds. The molecule has 0 atom stereocenters. The molecule has 2 aromatic heterocycles. The molecule has 2 saturated carbocycles. The lowest BCUT2D eigenvalue weighted by Crippen LogP contribution is -2.49. The molecule has 0 unspecified atom stereocenters. The van der Waals surface area contributed by atoms with Crippen LogP contribution >= 0.6 is 11.6 Å². The summed E-state index contributed by atoms with van der Waals surface area (Å²) in [6.07, 6.45) is 5.50. The number of sulfone groups is 1. The monoisotopic (exact) mass is 692 g/mol. The number of rotatable bonds is 6. The maximum atomic E-state index is 17.5. The van der Waals surface area contributed by atoms with E-state index in [1.54, 1.807) is 11.8 Å². The number of amides is 1. The van der Waals surface area contributed by atoms with Gasteiger partial charge in [0.15, 0.2) is 20.5 Å². The van der Waals surface area contributed by atoms with Gasteiger partial charge in [-0.15, -0.1) is 0 Å². The van der Waals surface area contributed by atoms with Crippen LogP contribution in [0.25, 0.3) is 27.7 Å². The maximum absolute atomic E-state index is 17.5. The lowest BCUT2D eigenvalue weighted by atomic mass is 9.98. The molecule has 4 aromatic rings. The van der Waals surface area contributed by atoms with Gasteiger partial charge in [0.05, 0.1) is 33.3 Å². The minimum atomic E-state index is -4.27. The van der Waals surface area contributed by atoms with E-state index in [1.807, 2.05) is 0 Å².